The van der Waals surface area contributed by atoms with Gasteiger partial charge in [-0.15, -0.1) is 0 Å². The quantitative estimate of drug-likeness (QED) is 0.815. The van der Waals surface area contributed by atoms with Gasteiger partial charge >= 0.3 is 0 Å². The van der Waals surface area contributed by atoms with Gasteiger partial charge in [0.2, 0.25) is 11.8 Å². The summed E-state index contributed by atoms with van der Waals surface area (Å²) in [6.45, 7) is 4.40. The van der Waals surface area contributed by atoms with Crippen molar-refractivity contribution in [1.29, 1.82) is 0 Å². The van der Waals surface area contributed by atoms with Crippen molar-refractivity contribution < 1.29 is 19.1 Å². The van der Waals surface area contributed by atoms with Crippen LogP contribution in [-0.2, 0) is 19.1 Å². The Morgan fingerprint density at radius 3 is 2.72 bits per heavy atom. The van der Waals surface area contributed by atoms with E-state index in [2.05, 4.69) is 0 Å². The Labute approximate surface area is 148 Å². The van der Waals surface area contributed by atoms with Crippen LogP contribution in [0.5, 0.6) is 0 Å². The lowest BCUT2D eigenvalue weighted by molar-refractivity contribution is -0.142. The van der Waals surface area contributed by atoms with Crippen molar-refractivity contribution in [3.05, 3.63) is 29.8 Å². The van der Waals surface area contributed by atoms with Crippen LogP contribution < -0.4 is 4.90 Å². The lowest BCUT2D eigenvalue weighted by atomic mass is 10.1. The third-order valence-corrected chi connectivity index (χ3v) is 4.72. The lowest BCUT2D eigenvalue weighted by Gasteiger charge is -2.34. The summed E-state index contributed by atoms with van der Waals surface area (Å²) in [5.74, 6) is -0.188. The summed E-state index contributed by atoms with van der Waals surface area (Å²) in [4.78, 5) is 28.0. The molecule has 2 saturated heterocycles. The Kier molecular flexibility index (Phi) is 6.04. The summed E-state index contributed by atoms with van der Waals surface area (Å²) in [5.41, 5.74) is 2.04. The fourth-order valence-electron chi connectivity index (χ4n) is 3.19. The standard InChI is InChI=1S/C19H26N2O4/c1-15-5-7-16(8-6-15)21-10-9-20(12-18(21)22)19(23)14-24-13-17-4-2-3-11-25-17/h5-8,17H,2-4,9-14H2,1H3. The Morgan fingerprint density at radius 2 is 2.04 bits per heavy atom. The molecule has 2 fully saturated rings. The fraction of sp³-hybridized carbons (Fsp3) is 0.579. The summed E-state index contributed by atoms with van der Waals surface area (Å²) >= 11 is 0. The fourth-order valence-corrected chi connectivity index (χ4v) is 3.19. The number of carbonyl (C=O) groups is 2. The topological polar surface area (TPSA) is 59.1 Å². The van der Waals surface area contributed by atoms with E-state index in [4.69, 9.17) is 9.47 Å². The van der Waals surface area contributed by atoms with Gasteiger partial charge in [-0.05, 0) is 38.3 Å². The highest BCUT2D eigenvalue weighted by atomic mass is 16.5. The van der Waals surface area contributed by atoms with Gasteiger partial charge in [-0.25, -0.2) is 0 Å². The van der Waals surface area contributed by atoms with Gasteiger partial charge in [0.25, 0.3) is 0 Å². The van der Waals surface area contributed by atoms with E-state index in [9.17, 15) is 9.59 Å². The molecule has 3 rings (SSSR count). The van der Waals surface area contributed by atoms with E-state index >= 15 is 0 Å². The molecule has 2 amide bonds. The number of rotatable bonds is 5. The van der Waals surface area contributed by atoms with Crippen LogP contribution >= 0.6 is 0 Å². The van der Waals surface area contributed by atoms with Gasteiger partial charge in [0.15, 0.2) is 0 Å². The maximum Gasteiger partial charge on any atom is 0.249 e. The van der Waals surface area contributed by atoms with Crippen LogP contribution in [0, 0.1) is 6.92 Å². The van der Waals surface area contributed by atoms with Gasteiger partial charge in [0, 0.05) is 25.4 Å². The molecule has 0 aliphatic carbocycles. The molecule has 0 N–H and O–H groups in total. The smallest absolute Gasteiger partial charge is 0.249 e. The maximum atomic E-state index is 12.4. The number of anilines is 1. The van der Waals surface area contributed by atoms with Gasteiger partial charge in [-0.1, -0.05) is 17.7 Å². The van der Waals surface area contributed by atoms with Gasteiger partial charge < -0.3 is 19.3 Å². The first kappa shape index (κ1) is 17.9. The van der Waals surface area contributed by atoms with Crippen LogP contribution in [0.1, 0.15) is 24.8 Å². The molecule has 2 aliphatic rings. The van der Waals surface area contributed by atoms with E-state index in [1.165, 1.54) is 0 Å². The lowest BCUT2D eigenvalue weighted by Crippen LogP contribution is -2.53. The van der Waals surface area contributed by atoms with Gasteiger partial charge in [0.1, 0.15) is 13.2 Å². The first-order valence-electron chi connectivity index (χ1n) is 8.97. The SMILES string of the molecule is Cc1ccc(N2CCN(C(=O)COCC3CCCCO3)CC2=O)cc1. The Morgan fingerprint density at radius 1 is 1.24 bits per heavy atom. The van der Waals surface area contributed by atoms with Crippen LogP contribution in [-0.4, -0.2) is 62.3 Å². The molecule has 1 aromatic rings. The van der Waals surface area contributed by atoms with Crippen molar-refractivity contribution in [2.24, 2.45) is 0 Å². The number of amides is 2. The minimum absolute atomic E-state index is 0.0116. The third-order valence-electron chi connectivity index (χ3n) is 4.72. The number of carbonyl (C=O) groups excluding carboxylic acids is 2. The van der Waals surface area contributed by atoms with Crippen LogP contribution in [0.3, 0.4) is 0 Å². The van der Waals surface area contributed by atoms with Crippen molar-refractivity contribution in [3.8, 4) is 0 Å². The summed E-state index contributed by atoms with van der Waals surface area (Å²) < 4.78 is 11.1. The molecule has 25 heavy (non-hydrogen) atoms. The van der Waals surface area contributed by atoms with Crippen LogP contribution in [0.2, 0.25) is 0 Å². The summed E-state index contributed by atoms with van der Waals surface area (Å²) in [5, 5.41) is 0. The first-order chi connectivity index (χ1) is 12.1. The number of aryl methyl sites for hydroxylation is 1. The molecule has 0 saturated carbocycles. The number of nitrogens with zero attached hydrogens (tertiary/aromatic N) is 2. The Bertz CT molecular complexity index is 596. The molecule has 6 nitrogen and oxygen atoms in total. The molecule has 2 aliphatic heterocycles. The first-order valence-corrected chi connectivity index (χ1v) is 8.97. The van der Waals surface area contributed by atoms with E-state index < -0.39 is 0 Å². The molecule has 0 aromatic heterocycles. The second-order valence-corrected chi connectivity index (χ2v) is 6.70. The zero-order valence-electron chi connectivity index (χ0n) is 14.8. The van der Waals surface area contributed by atoms with E-state index in [0.29, 0.717) is 19.7 Å². The van der Waals surface area contributed by atoms with Crippen molar-refractivity contribution in [2.75, 3.05) is 44.4 Å². The molecule has 0 bridgehead atoms. The second-order valence-electron chi connectivity index (χ2n) is 6.70. The number of hydrogen-bond donors (Lipinski definition) is 0. The molecular formula is C19H26N2O4. The van der Waals surface area contributed by atoms with E-state index in [-0.39, 0.29) is 31.1 Å². The highest BCUT2D eigenvalue weighted by Crippen LogP contribution is 2.18. The van der Waals surface area contributed by atoms with Crippen molar-refractivity contribution in [3.63, 3.8) is 0 Å². The van der Waals surface area contributed by atoms with Crippen molar-refractivity contribution in [1.82, 2.24) is 4.90 Å². The predicted octanol–water partition coefficient (Wildman–Crippen LogP) is 1.76. The number of ether oxygens (including phenoxy) is 2. The van der Waals surface area contributed by atoms with Gasteiger partial charge in [-0.3, -0.25) is 9.59 Å². The zero-order chi connectivity index (χ0) is 17.6. The predicted molar refractivity (Wildman–Crippen MR) is 94.5 cm³/mol. The van der Waals surface area contributed by atoms with Crippen LogP contribution in [0.15, 0.2) is 24.3 Å². The van der Waals surface area contributed by atoms with Crippen LogP contribution in [0.4, 0.5) is 5.69 Å². The molecule has 1 aromatic carbocycles. The van der Waals surface area contributed by atoms with Crippen molar-refractivity contribution in [2.45, 2.75) is 32.3 Å². The number of benzene rings is 1. The highest BCUT2D eigenvalue weighted by Gasteiger charge is 2.28. The monoisotopic (exact) mass is 346 g/mol. The molecule has 0 radical (unpaired) electrons. The second kappa shape index (κ2) is 8.45. The molecule has 2 heterocycles. The number of hydrogen-bond acceptors (Lipinski definition) is 4. The summed E-state index contributed by atoms with van der Waals surface area (Å²) in [6, 6.07) is 7.86. The third kappa shape index (κ3) is 4.80. The normalized spacial score (nSPS) is 21.5. The maximum absolute atomic E-state index is 12.4. The van der Waals surface area contributed by atoms with Gasteiger partial charge in [0.05, 0.1) is 12.7 Å². The molecule has 1 unspecified atom stereocenters. The van der Waals surface area contributed by atoms with Crippen molar-refractivity contribution >= 4 is 17.5 Å². The molecule has 0 spiro atoms. The van der Waals surface area contributed by atoms with E-state index in [1.54, 1.807) is 9.80 Å². The molecule has 6 heteroatoms. The van der Waals surface area contributed by atoms with E-state index in [0.717, 1.165) is 37.1 Å². The summed E-state index contributed by atoms with van der Waals surface area (Å²) in [7, 11) is 0. The highest BCUT2D eigenvalue weighted by molar-refractivity contribution is 5.98. The molecule has 1 atom stereocenters. The average molecular weight is 346 g/mol. The largest absolute Gasteiger partial charge is 0.376 e. The zero-order valence-corrected chi connectivity index (χ0v) is 14.8. The van der Waals surface area contributed by atoms with Crippen LogP contribution in [0.25, 0.3) is 0 Å². The summed E-state index contributed by atoms with van der Waals surface area (Å²) in [6.07, 6.45) is 3.34. The Balaban J connectivity index is 1.44. The van der Waals surface area contributed by atoms with E-state index in [1.807, 2.05) is 31.2 Å². The minimum Gasteiger partial charge on any atom is -0.376 e. The van der Waals surface area contributed by atoms with Gasteiger partial charge in [-0.2, -0.15) is 0 Å². The minimum atomic E-state index is -0.132. The molecular weight excluding hydrogens is 320 g/mol. The average Bonchev–Trinajstić information content (AvgIpc) is 2.63. The number of piperazine rings is 1. The molecule has 136 valence electrons. The Hall–Kier alpha value is -1.92.